The molecule has 0 spiro atoms. The second-order valence-corrected chi connectivity index (χ2v) is 6.43. The average Bonchev–Trinajstić information content (AvgIpc) is 2.27. The number of anilines is 1. The first-order valence-electron chi connectivity index (χ1n) is 4.99. The normalized spacial score (nSPS) is 11.3. The summed E-state index contributed by atoms with van der Waals surface area (Å²) in [6.07, 6.45) is 0. The molecule has 100 valence electrons. The molecule has 0 fully saturated rings. The van der Waals surface area contributed by atoms with Crippen LogP contribution in [0.1, 0.15) is 0 Å². The van der Waals surface area contributed by atoms with E-state index < -0.39 is 20.7 Å². The summed E-state index contributed by atoms with van der Waals surface area (Å²) in [6, 6.07) is 8.03. The van der Waals surface area contributed by atoms with Gasteiger partial charge in [0.25, 0.3) is 10.0 Å². The quantitative estimate of drug-likeness (QED) is 0.848. The molecule has 0 amide bonds. The van der Waals surface area contributed by atoms with Gasteiger partial charge in [0.15, 0.2) is 0 Å². The Hall–Kier alpha value is -1.18. The standard InChI is InChI=1S/C11H7BrClFN2O2S/c12-10-2-1-3-11(15-10)16-19(17,18)9-5-4-7(13)6-8(9)14/h1-6H,(H,15,16). The zero-order valence-electron chi connectivity index (χ0n) is 9.27. The van der Waals surface area contributed by atoms with Gasteiger partial charge in [-0.1, -0.05) is 17.7 Å². The number of hydrogen-bond acceptors (Lipinski definition) is 3. The fourth-order valence-corrected chi connectivity index (χ4v) is 2.92. The van der Waals surface area contributed by atoms with Crippen LogP contribution in [0.4, 0.5) is 10.2 Å². The lowest BCUT2D eigenvalue weighted by Gasteiger charge is -2.08. The van der Waals surface area contributed by atoms with Gasteiger partial charge in [0.05, 0.1) is 0 Å². The number of sulfonamides is 1. The molecule has 0 aliphatic rings. The van der Waals surface area contributed by atoms with Crippen molar-refractivity contribution in [2.75, 3.05) is 4.72 Å². The third-order valence-corrected chi connectivity index (χ3v) is 4.20. The smallest absolute Gasteiger partial charge is 0.263 e. The lowest BCUT2D eigenvalue weighted by atomic mass is 10.3. The van der Waals surface area contributed by atoms with Crippen LogP contribution in [0.25, 0.3) is 0 Å². The number of nitrogens with one attached hydrogen (secondary N) is 1. The molecule has 0 atom stereocenters. The van der Waals surface area contributed by atoms with E-state index in [9.17, 15) is 12.8 Å². The third kappa shape index (κ3) is 3.43. The Morgan fingerprint density at radius 1 is 1.26 bits per heavy atom. The third-order valence-electron chi connectivity index (χ3n) is 2.14. The van der Waals surface area contributed by atoms with Crippen molar-refractivity contribution in [1.29, 1.82) is 0 Å². The Morgan fingerprint density at radius 3 is 2.63 bits per heavy atom. The summed E-state index contributed by atoms with van der Waals surface area (Å²) in [7, 11) is -4.04. The van der Waals surface area contributed by atoms with Gasteiger partial charge in [-0.3, -0.25) is 4.72 Å². The molecule has 0 saturated carbocycles. The Morgan fingerprint density at radius 2 is 2.00 bits per heavy atom. The van der Waals surface area contributed by atoms with Gasteiger partial charge in [-0.25, -0.2) is 17.8 Å². The van der Waals surface area contributed by atoms with E-state index in [1.165, 1.54) is 12.1 Å². The molecule has 2 rings (SSSR count). The van der Waals surface area contributed by atoms with E-state index in [0.717, 1.165) is 12.1 Å². The topological polar surface area (TPSA) is 59.1 Å². The Bertz CT molecular complexity index is 724. The molecule has 19 heavy (non-hydrogen) atoms. The molecule has 1 aromatic heterocycles. The van der Waals surface area contributed by atoms with Crippen molar-refractivity contribution in [2.24, 2.45) is 0 Å². The molecule has 8 heteroatoms. The van der Waals surface area contributed by atoms with Crippen molar-refractivity contribution in [3.05, 3.63) is 51.8 Å². The first-order chi connectivity index (χ1) is 8.88. The fraction of sp³-hybridized carbons (Fsp3) is 0. The summed E-state index contributed by atoms with van der Waals surface area (Å²) in [5.74, 6) is -0.835. The van der Waals surface area contributed by atoms with Gasteiger partial charge in [0.1, 0.15) is 21.1 Å². The van der Waals surface area contributed by atoms with Crippen molar-refractivity contribution in [3.63, 3.8) is 0 Å². The van der Waals surface area contributed by atoms with Gasteiger partial charge < -0.3 is 0 Å². The van der Waals surface area contributed by atoms with Crippen LogP contribution in [-0.2, 0) is 10.0 Å². The van der Waals surface area contributed by atoms with E-state index in [-0.39, 0.29) is 10.8 Å². The summed E-state index contributed by atoms with van der Waals surface area (Å²) < 4.78 is 40.2. The second kappa shape index (κ2) is 5.44. The summed E-state index contributed by atoms with van der Waals surface area (Å²) in [4.78, 5) is 3.42. The number of rotatable bonds is 3. The van der Waals surface area contributed by atoms with Gasteiger partial charge in [0.2, 0.25) is 0 Å². The van der Waals surface area contributed by atoms with Crippen LogP contribution >= 0.6 is 27.5 Å². The van der Waals surface area contributed by atoms with E-state index >= 15 is 0 Å². The maximum Gasteiger partial charge on any atom is 0.265 e. The zero-order valence-corrected chi connectivity index (χ0v) is 12.4. The molecular weight excluding hydrogens is 359 g/mol. The zero-order chi connectivity index (χ0) is 14.0. The number of hydrogen-bond donors (Lipinski definition) is 1. The minimum atomic E-state index is -4.04. The van der Waals surface area contributed by atoms with Crippen LogP contribution in [0.15, 0.2) is 45.9 Å². The monoisotopic (exact) mass is 364 g/mol. The molecule has 0 bridgehead atoms. The van der Waals surface area contributed by atoms with Crippen LogP contribution in [-0.4, -0.2) is 13.4 Å². The Kier molecular flexibility index (Phi) is 4.07. The SMILES string of the molecule is O=S(=O)(Nc1cccc(Br)n1)c1ccc(Cl)cc1F. The van der Waals surface area contributed by atoms with Crippen molar-refractivity contribution >= 4 is 43.4 Å². The van der Waals surface area contributed by atoms with E-state index in [2.05, 4.69) is 25.6 Å². The van der Waals surface area contributed by atoms with Crippen molar-refractivity contribution in [1.82, 2.24) is 4.98 Å². The minimum absolute atomic E-state index is 0.0868. The predicted molar refractivity (Wildman–Crippen MR) is 74.2 cm³/mol. The number of halogens is 3. The van der Waals surface area contributed by atoms with Crippen LogP contribution in [0, 0.1) is 5.82 Å². The highest BCUT2D eigenvalue weighted by molar-refractivity contribution is 9.10. The van der Waals surface area contributed by atoms with E-state index in [4.69, 9.17) is 11.6 Å². The average molecular weight is 366 g/mol. The van der Waals surface area contributed by atoms with Gasteiger partial charge in [-0.2, -0.15) is 0 Å². The van der Waals surface area contributed by atoms with Crippen LogP contribution in [0.3, 0.4) is 0 Å². The number of nitrogens with zero attached hydrogens (tertiary/aromatic N) is 1. The lowest BCUT2D eigenvalue weighted by Crippen LogP contribution is -2.15. The number of aromatic nitrogens is 1. The molecule has 0 saturated heterocycles. The summed E-state index contributed by atoms with van der Waals surface area (Å²) in [5.41, 5.74) is 0. The van der Waals surface area contributed by atoms with Crippen LogP contribution in [0.5, 0.6) is 0 Å². The van der Waals surface area contributed by atoms with Crippen molar-refractivity contribution in [2.45, 2.75) is 4.90 Å². The highest BCUT2D eigenvalue weighted by atomic mass is 79.9. The van der Waals surface area contributed by atoms with Gasteiger partial charge >= 0.3 is 0 Å². The van der Waals surface area contributed by atoms with Gasteiger partial charge in [-0.15, -0.1) is 0 Å². The second-order valence-electron chi connectivity index (χ2n) is 3.53. The van der Waals surface area contributed by atoms with E-state index in [0.29, 0.717) is 4.60 Å². The highest BCUT2D eigenvalue weighted by Gasteiger charge is 2.19. The molecule has 1 heterocycles. The predicted octanol–water partition coefficient (Wildman–Crippen LogP) is 3.44. The summed E-state index contributed by atoms with van der Waals surface area (Å²) in [6.45, 7) is 0. The highest BCUT2D eigenvalue weighted by Crippen LogP contribution is 2.21. The van der Waals surface area contributed by atoms with Crippen molar-refractivity contribution < 1.29 is 12.8 Å². The largest absolute Gasteiger partial charge is 0.265 e. The summed E-state index contributed by atoms with van der Waals surface area (Å²) >= 11 is 8.69. The number of pyridine rings is 1. The molecule has 0 aliphatic heterocycles. The number of benzene rings is 1. The lowest BCUT2D eigenvalue weighted by molar-refractivity contribution is 0.570. The fourth-order valence-electron chi connectivity index (χ4n) is 1.35. The molecule has 2 aromatic rings. The van der Waals surface area contributed by atoms with Crippen molar-refractivity contribution in [3.8, 4) is 0 Å². The maximum atomic E-state index is 13.6. The van der Waals surface area contributed by atoms with Crippen LogP contribution in [0.2, 0.25) is 5.02 Å². The first kappa shape index (κ1) is 14.2. The van der Waals surface area contributed by atoms with Gasteiger partial charge in [0, 0.05) is 5.02 Å². The molecule has 0 radical (unpaired) electrons. The maximum absolute atomic E-state index is 13.6. The van der Waals surface area contributed by atoms with E-state index in [1.807, 2.05) is 0 Å². The summed E-state index contributed by atoms with van der Waals surface area (Å²) in [5, 5.41) is 0.122. The Balaban J connectivity index is 2.38. The molecule has 4 nitrogen and oxygen atoms in total. The first-order valence-corrected chi connectivity index (χ1v) is 7.64. The minimum Gasteiger partial charge on any atom is -0.263 e. The van der Waals surface area contributed by atoms with Gasteiger partial charge in [-0.05, 0) is 46.3 Å². The molecule has 1 aromatic carbocycles. The Labute approximate surface area is 122 Å². The molecule has 0 aliphatic carbocycles. The van der Waals surface area contributed by atoms with Crippen LogP contribution < -0.4 is 4.72 Å². The molecule has 0 unspecified atom stereocenters. The molecule has 1 N–H and O–H groups in total. The van der Waals surface area contributed by atoms with E-state index in [1.54, 1.807) is 12.1 Å². The molecular formula is C11H7BrClFN2O2S.